The molecule has 1 aliphatic heterocycles. The minimum atomic E-state index is -0.176. The van der Waals surface area contributed by atoms with Gasteiger partial charge in [-0.1, -0.05) is 22.0 Å². The zero-order valence-electron chi connectivity index (χ0n) is 12.1. The fourth-order valence-corrected chi connectivity index (χ4v) is 2.93. The minimum absolute atomic E-state index is 0.176. The Kier molecular flexibility index (Phi) is 4.68. The molecule has 0 radical (unpaired) electrons. The fraction of sp³-hybridized carbons (Fsp3) is 0.312. The molecule has 2 aromatic rings. The maximum atomic E-state index is 12.2. The lowest BCUT2D eigenvalue weighted by Gasteiger charge is -2.27. The van der Waals surface area contributed by atoms with Crippen molar-refractivity contribution in [3.8, 4) is 0 Å². The van der Waals surface area contributed by atoms with Gasteiger partial charge < -0.3 is 10.2 Å². The highest BCUT2D eigenvalue weighted by Crippen LogP contribution is 2.20. The van der Waals surface area contributed by atoms with E-state index in [4.69, 9.17) is 0 Å². The molecule has 1 aromatic carbocycles. The second-order valence-electron chi connectivity index (χ2n) is 5.27. The molecule has 1 N–H and O–H groups in total. The van der Waals surface area contributed by atoms with Gasteiger partial charge in [0.05, 0.1) is 0 Å². The molecule has 0 spiro atoms. The van der Waals surface area contributed by atoms with Gasteiger partial charge in [-0.2, -0.15) is 0 Å². The molecule has 0 unspecified atom stereocenters. The second-order valence-corrected chi connectivity index (χ2v) is 6.19. The predicted molar refractivity (Wildman–Crippen MR) is 90.2 cm³/mol. The molecule has 1 aliphatic rings. The SMILES string of the molecule is O=C(Nc1cc(N2CCCCC2)ncn1)c1cccc(Br)c1. The Morgan fingerprint density at radius 3 is 2.73 bits per heavy atom. The predicted octanol–water partition coefficient (Wildman–Crippen LogP) is 3.48. The van der Waals surface area contributed by atoms with Crippen LogP contribution in [0.4, 0.5) is 11.6 Å². The molecule has 1 aromatic heterocycles. The van der Waals surface area contributed by atoms with Crippen LogP contribution in [0, 0.1) is 0 Å². The van der Waals surface area contributed by atoms with Gasteiger partial charge in [-0.3, -0.25) is 4.79 Å². The molecule has 0 atom stereocenters. The minimum Gasteiger partial charge on any atom is -0.356 e. The molecule has 22 heavy (non-hydrogen) atoms. The van der Waals surface area contributed by atoms with Gasteiger partial charge in [0.15, 0.2) is 0 Å². The highest BCUT2D eigenvalue weighted by atomic mass is 79.9. The van der Waals surface area contributed by atoms with E-state index >= 15 is 0 Å². The van der Waals surface area contributed by atoms with Gasteiger partial charge in [0.1, 0.15) is 18.0 Å². The van der Waals surface area contributed by atoms with Gasteiger partial charge in [0, 0.05) is 29.2 Å². The van der Waals surface area contributed by atoms with Crippen LogP contribution in [0.25, 0.3) is 0 Å². The number of nitrogens with one attached hydrogen (secondary N) is 1. The summed E-state index contributed by atoms with van der Waals surface area (Å²) in [5.74, 6) is 1.23. The van der Waals surface area contributed by atoms with Crippen LogP contribution in [0.15, 0.2) is 41.1 Å². The molecule has 2 heterocycles. The smallest absolute Gasteiger partial charge is 0.256 e. The largest absolute Gasteiger partial charge is 0.356 e. The molecule has 1 saturated heterocycles. The molecule has 0 bridgehead atoms. The summed E-state index contributed by atoms with van der Waals surface area (Å²) in [5.41, 5.74) is 0.590. The number of piperidine rings is 1. The van der Waals surface area contributed by atoms with Crippen molar-refractivity contribution in [2.24, 2.45) is 0 Å². The molecule has 1 amide bonds. The van der Waals surface area contributed by atoms with Gasteiger partial charge in [-0.15, -0.1) is 0 Å². The summed E-state index contributed by atoms with van der Waals surface area (Å²) >= 11 is 3.37. The Morgan fingerprint density at radius 1 is 1.14 bits per heavy atom. The van der Waals surface area contributed by atoms with Gasteiger partial charge in [0.2, 0.25) is 0 Å². The Hall–Kier alpha value is -1.95. The lowest BCUT2D eigenvalue weighted by Crippen LogP contribution is -2.30. The number of nitrogens with zero attached hydrogens (tertiary/aromatic N) is 3. The highest BCUT2D eigenvalue weighted by Gasteiger charge is 2.14. The summed E-state index contributed by atoms with van der Waals surface area (Å²) in [6.45, 7) is 2.02. The average Bonchev–Trinajstić information content (AvgIpc) is 2.56. The van der Waals surface area contributed by atoms with Gasteiger partial charge in [-0.25, -0.2) is 9.97 Å². The molecular formula is C16H17BrN4O. The number of benzene rings is 1. The van der Waals surface area contributed by atoms with E-state index in [9.17, 15) is 4.79 Å². The molecule has 114 valence electrons. The number of carbonyl (C=O) groups is 1. The summed E-state index contributed by atoms with van der Waals surface area (Å²) < 4.78 is 0.872. The monoisotopic (exact) mass is 360 g/mol. The zero-order valence-corrected chi connectivity index (χ0v) is 13.7. The van der Waals surface area contributed by atoms with E-state index in [-0.39, 0.29) is 5.91 Å². The van der Waals surface area contributed by atoms with Crippen LogP contribution in [0.1, 0.15) is 29.6 Å². The first-order valence-corrected chi connectivity index (χ1v) is 8.15. The summed E-state index contributed by atoms with van der Waals surface area (Å²) in [7, 11) is 0. The van der Waals surface area contributed by atoms with E-state index in [0.29, 0.717) is 11.4 Å². The number of amides is 1. The normalized spacial score (nSPS) is 14.7. The van der Waals surface area contributed by atoms with Crippen molar-refractivity contribution in [3.05, 3.63) is 46.7 Å². The fourth-order valence-electron chi connectivity index (χ4n) is 2.53. The van der Waals surface area contributed by atoms with Gasteiger partial charge in [-0.05, 0) is 37.5 Å². The van der Waals surface area contributed by atoms with Crippen LogP contribution in [0.3, 0.4) is 0 Å². The molecule has 3 rings (SSSR count). The van der Waals surface area contributed by atoms with Crippen molar-refractivity contribution >= 4 is 33.5 Å². The van der Waals surface area contributed by atoms with Crippen LogP contribution in [-0.4, -0.2) is 29.0 Å². The van der Waals surface area contributed by atoms with Crippen molar-refractivity contribution in [2.75, 3.05) is 23.3 Å². The first-order chi connectivity index (χ1) is 10.7. The Morgan fingerprint density at radius 2 is 1.95 bits per heavy atom. The molecule has 6 heteroatoms. The standard InChI is InChI=1S/C16H17BrN4O/c17-13-6-4-5-12(9-13)16(22)20-14-10-15(19-11-18-14)21-7-2-1-3-8-21/h4-6,9-11H,1-3,7-8H2,(H,18,19,20,22). The molecule has 0 saturated carbocycles. The van der Waals surface area contributed by atoms with Crippen LogP contribution >= 0.6 is 15.9 Å². The van der Waals surface area contributed by atoms with Crippen molar-refractivity contribution in [3.63, 3.8) is 0 Å². The van der Waals surface area contributed by atoms with E-state index in [1.807, 2.05) is 18.2 Å². The third kappa shape index (κ3) is 3.62. The maximum absolute atomic E-state index is 12.2. The van der Waals surface area contributed by atoms with E-state index in [1.165, 1.54) is 25.6 Å². The summed E-state index contributed by atoms with van der Waals surface area (Å²) in [5, 5.41) is 2.83. The van der Waals surface area contributed by atoms with E-state index in [0.717, 1.165) is 23.4 Å². The Balaban J connectivity index is 1.73. The lowest BCUT2D eigenvalue weighted by atomic mass is 10.1. The third-order valence-electron chi connectivity index (χ3n) is 3.66. The van der Waals surface area contributed by atoms with Crippen LogP contribution in [0.5, 0.6) is 0 Å². The summed E-state index contributed by atoms with van der Waals surface area (Å²) in [6.07, 6.45) is 5.14. The number of carbonyl (C=O) groups excluding carboxylic acids is 1. The van der Waals surface area contributed by atoms with E-state index in [1.54, 1.807) is 12.1 Å². The lowest BCUT2D eigenvalue weighted by molar-refractivity contribution is 0.102. The number of rotatable bonds is 3. The van der Waals surface area contributed by atoms with Gasteiger partial charge in [0.25, 0.3) is 5.91 Å². The second kappa shape index (κ2) is 6.87. The number of anilines is 2. The van der Waals surface area contributed by atoms with Crippen molar-refractivity contribution in [2.45, 2.75) is 19.3 Å². The molecule has 5 nitrogen and oxygen atoms in total. The van der Waals surface area contributed by atoms with Crippen molar-refractivity contribution in [1.29, 1.82) is 0 Å². The molecule has 0 aliphatic carbocycles. The van der Waals surface area contributed by atoms with Crippen molar-refractivity contribution < 1.29 is 4.79 Å². The average molecular weight is 361 g/mol. The van der Waals surface area contributed by atoms with Crippen LogP contribution in [-0.2, 0) is 0 Å². The first-order valence-electron chi connectivity index (χ1n) is 7.36. The topological polar surface area (TPSA) is 58.1 Å². The third-order valence-corrected chi connectivity index (χ3v) is 4.15. The molecule has 1 fully saturated rings. The van der Waals surface area contributed by atoms with E-state index < -0.39 is 0 Å². The number of halogens is 1. The quantitative estimate of drug-likeness (QED) is 0.910. The van der Waals surface area contributed by atoms with Crippen molar-refractivity contribution in [1.82, 2.24) is 9.97 Å². The van der Waals surface area contributed by atoms with E-state index in [2.05, 4.69) is 36.1 Å². The molecular weight excluding hydrogens is 344 g/mol. The van der Waals surface area contributed by atoms with Crippen LogP contribution < -0.4 is 10.2 Å². The zero-order chi connectivity index (χ0) is 15.4. The number of aromatic nitrogens is 2. The summed E-state index contributed by atoms with van der Waals surface area (Å²) in [4.78, 5) is 22.9. The number of hydrogen-bond donors (Lipinski definition) is 1. The first kappa shape index (κ1) is 15.0. The Labute approximate surface area is 137 Å². The highest BCUT2D eigenvalue weighted by molar-refractivity contribution is 9.10. The van der Waals surface area contributed by atoms with Crippen LogP contribution in [0.2, 0.25) is 0 Å². The Bertz CT molecular complexity index is 671. The van der Waals surface area contributed by atoms with Gasteiger partial charge >= 0.3 is 0 Å². The summed E-state index contributed by atoms with van der Waals surface area (Å²) in [6, 6.07) is 9.10. The maximum Gasteiger partial charge on any atom is 0.256 e. The number of hydrogen-bond acceptors (Lipinski definition) is 4.